The van der Waals surface area contributed by atoms with Crippen molar-refractivity contribution in [3.63, 3.8) is 0 Å². The second-order valence-corrected chi connectivity index (χ2v) is 6.12. The number of hydrogen-bond donors (Lipinski definition) is 2. The summed E-state index contributed by atoms with van der Waals surface area (Å²) in [7, 11) is 1.64. The molecule has 132 valence electrons. The van der Waals surface area contributed by atoms with Crippen LogP contribution in [0.5, 0.6) is 5.75 Å². The first-order chi connectivity index (χ1) is 13.2. The van der Waals surface area contributed by atoms with Gasteiger partial charge in [-0.15, -0.1) is 0 Å². The van der Waals surface area contributed by atoms with Crippen LogP contribution in [0.1, 0.15) is 0 Å². The second-order valence-electron chi connectivity index (χ2n) is 6.12. The lowest BCUT2D eigenvalue weighted by Gasteiger charge is -2.04. The van der Waals surface area contributed by atoms with E-state index in [0.29, 0.717) is 17.3 Å². The minimum absolute atomic E-state index is 0.206. The van der Waals surface area contributed by atoms with Crippen LogP contribution in [0.2, 0.25) is 0 Å². The number of ether oxygens (including phenoxy) is 1. The largest absolute Gasteiger partial charge is 0.497 e. The van der Waals surface area contributed by atoms with Gasteiger partial charge in [-0.1, -0.05) is 0 Å². The van der Waals surface area contributed by atoms with E-state index >= 15 is 0 Å². The lowest BCUT2D eigenvalue weighted by Crippen LogP contribution is -2.00. The molecule has 5 aromatic rings. The molecule has 0 aliphatic rings. The summed E-state index contributed by atoms with van der Waals surface area (Å²) in [4.78, 5) is 17.4. The highest BCUT2D eigenvalue weighted by Crippen LogP contribution is 2.36. The molecule has 0 saturated carbocycles. The van der Waals surface area contributed by atoms with Gasteiger partial charge in [-0.25, -0.2) is 19.9 Å². The fourth-order valence-corrected chi connectivity index (χ4v) is 3.40. The number of hydrogen-bond acceptors (Lipinski definition) is 7. The zero-order valence-electron chi connectivity index (χ0n) is 14.4. The van der Waals surface area contributed by atoms with E-state index in [0.717, 1.165) is 33.1 Å². The van der Waals surface area contributed by atoms with Crippen molar-refractivity contribution in [1.82, 2.24) is 24.3 Å². The molecule has 27 heavy (non-hydrogen) atoms. The lowest BCUT2D eigenvalue weighted by atomic mass is 10.1. The lowest BCUT2D eigenvalue weighted by molar-refractivity contribution is 0.415. The van der Waals surface area contributed by atoms with Crippen molar-refractivity contribution in [2.45, 2.75) is 0 Å². The summed E-state index contributed by atoms with van der Waals surface area (Å²) in [5, 5.41) is 1.85. The average molecular weight is 357 g/mol. The Hall–Kier alpha value is -3.94. The number of anilines is 2. The van der Waals surface area contributed by atoms with E-state index < -0.39 is 0 Å². The van der Waals surface area contributed by atoms with E-state index in [4.69, 9.17) is 21.2 Å². The molecule has 0 unspecified atom stereocenters. The first kappa shape index (κ1) is 15.3. The molecule has 0 bridgehead atoms. The van der Waals surface area contributed by atoms with Gasteiger partial charge >= 0.3 is 0 Å². The summed E-state index contributed by atoms with van der Waals surface area (Å²) in [5.41, 5.74) is 16.0. The Balaban J connectivity index is 1.99. The minimum atomic E-state index is 0.206. The number of aromatic nitrogens is 5. The number of rotatable bonds is 2. The zero-order chi connectivity index (χ0) is 18.5. The van der Waals surface area contributed by atoms with E-state index in [-0.39, 0.29) is 5.95 Å². The van der Waals surface area contributed by atoms with Crippen LogP contribution in [-0.4, -0.2) is 31.4 Å². The summed E-state index contributed by atoms with van der Waals surface area (Å²) >= 11 is 0. The van der Waals surface area contributed by atoms with Gasteiger partial charge in [0.1, 0.15) is 11.4 Å². The molecule has 0 spiro atoms. The Morgan fingerprint density at radius 3 is 2.63 bits per heavy atom. The van der Waals surface area contributed by atoms with Crippen molar-refractivity contribution >= 4 is 39.3 Å². The van der Waals surface area contributed by atoms with Crippen molar-refractivity contribution in [3.8, 4) is 17.0 Å². The highest BCUT2D eigenvalue weighted by atomic mass is 16.5. The molecule has 4 aromatic heterocycles. The predicted octanol–water partition coefficient (Wildman–Crippen LogP) is 2.67. The Kier molecular flexibility index (Phi) is 3.14. The SMILES string of the molecule is COc1ccc2nc3c(cc2c1)c(-c1ccnc(N)n1)c1ccnc(N)n13. The monoisotopic (exact) mass is 357 g/mol. The molecule has 0 atom stereocenters. The van der Waals surface area contributed by atoms with Crippen LogP contribution in [0.15, 0.2) is 48.8 Å². The van der Waals surface area contributed by atoms with Crippen molar-refractivity contribution in [1.29, 1.82) is 0 Å². The number of nitrogens with zero attached hydrogens (tertiary/aromatic N) is 5. The zero-order valence-corrected chi connectivity index (χ0v) is 14.4. The molecule has 0 aliphatic carbocycles. The maximum atomic E-state index is 6.17. The standard InChI is InChI=1S/C19H15N7O/c1-27-11-2-3-13-10(8-11)9-12-16(14-4-6-22-18(20)25-14)15-5-7-23-19(21)26(15)17(12)24-13/h2-9H,1H3,(H2,21,23)(H2,20,22,25). The van der Waals surface area contributed by atoms with Crippen LogP contribution in [0, 0.1) is 0 Å². The number of nitrogens with two attached hydrogens (primary N) is 2. The molecule has 0 fully saturated rings. The third-order valence-corrected chi connectivity index (χ3v) is 4.58. The van der Waals surface area contributed by atoms with Gasteiger partial charge in [-0.3, -0.25) is 4.40 Å². The number of methoxy groups -OCH3 is 1. The highest BCUT2D eigenvalue weighted by molar-refractivity contribution is 6.07. The molecule has 0 saturated heterocycles. The summed E-state index contributed by atoms with van der Waals surface area (Å²) in [5.74, 6) is 1.32. The molecule has 8 nitrogen and oxygen atoms in total. The van der Waals surface area contributed by atoms with Gasteiger partial charge in [-0.2, -0.15) is 0 Å². The van der Waals surface area contributed by atoms with Crippen LogP contribution in [0.4, 0.5) is 11.9 Å². The molecule has 0 aliphatic heterocycles. The summed E-state index contributed by atoms with van der Waals surface area (Å²) in [6.07, 6.45) is 3.30. The van der Waals surface area contributed by atoms with E-state index in [1.807, 2.05) is 34.7 Å². The van der Waals surface area contributed by atoms with Gasteiger partial charge in [0, 0.05) is 28.7 Å². The van der Waals surface area contributed by atoms with Crippen molar-refractivity contribution in [3.05, 3.63) is 48.8 Å². The minimum Gasteiger partial charge on any atom is -0.497 e. The molecule has 8 heteroatoms. The smallest absolute Gasteiger partial charge is 0.220 e. The summed E-state index contributed by atoms with van der Waals surface area (Å²) in [6, 6.07) is 11.5. The van der Waals surface area contributed by atoms with Crippen LogP contribution in [0.3, 0.4) is 0 Å². The highest BCUT2D eigenvalue weighted by Gasteiger charge is 2.19. The average Bonchev–Trinajstić information content (AvgIpc) is 3.00. The topological polar surface area (TPSA) is 117 Å². The summed E-state index contributed by atoms with van der Waals surface area (Å²) in [6.45, 7) is 0. The van der Waals surface area contributed by atoms with Gasteiger partial charge < -0.3 is 16.2 Å². The Labute approximate surface area is 153 Å². The third kappa shape index (κ3) is 2.23. The first-order valence-electron chi connectivity index (χ1n) is 8.28. The van der Waals surface area contributed by atoms with Crippen LogP contribution in [-0.2, 0) is 0 Å². The van der Waals surface area contributed by atoms with Crippen LogP contribution < -0.4 is 16.2 Å². The maximum absolute atomic E-state index is 6.17. The number of benzene rings is 1. The third-order valence-electron chi connectivity index (χ3n) is 4.58. The van der Waals surface area contributed by atoms with Gasteiger partial charge in [0.25, 0.3) is 0 Å². The molecule has 0 amide bonds. The molecule has 0 radical (unpaired) electrons. The second kappa shape index (κ2) is 5.53. The fourth-order valence-electron chi connectivity index (χ4n) is 3.40. The number of pyridine rings is 1. The van der Waals surface area contributed by atoms with E-state index in [2.05, 4.69) is 21.0 Å². The quantitative estimate of drug-likeness (QED) is 0.499. The molecule has 5 rings (SSSR count). The fraction of sp³-hybridized carbons (Fsp3) is 0.0526. The molecule has 4 heterocycles. The molecule has 1 aromatic carbocycles. The normalized spacial score (nSPS) is 11.4. The first-order valence-corrected chi connectivity index (χ1v) is 8.28. The molecule has 4 N–H and O–H groups in total. The van der Waals surface area contributed by atoms with Gasteiger partial charge in [0.15, 0.2) is 0 Å². The number of nitrogen functional groups attached to an aromatic ring is 2. The molecular weight excluding hydrogens is 342 g/mol. The van der Waals surface area contributed by atoms with Crippen molar-refractivity contribution in [2.75, 3.05) is 18.6 Å². The van der Waals surface area contributed by atoms with Crippen molar-refractivity contribution in [2.24, 2.45) is 0 Å². The predicted molar refractivity (Wildman–Crippen MR) is 104 cm³/mol. The van der Waals surface area contributed by atoms with Gasteiger partial charge in [-0.05, 0) is 36.4 Å². The summed E-state index contributed by atoms with van der Waals surface area (Å²) < 4.78 is 7.17. The van der Waals surface area contributed by atoms with E-state index in [1.165, 1.54) is 0 Å². The van der Waals surface area contributed by atoms with E-state index in [9.17, 15) is 0 Å². The molecular formula is C19H15N7O. The van der Waals surface area contributed by atoms with Crippen LogP contribution in [0.25, 0.3) is 38.7 Å². The maximum Gasteiger partial charge on any atom is 0.220 e. The van der Waals surface area contributed by atoms with Gasteiger partial charge in [0.2, 0.25) is 11.9 Å². The Morgan fingerprint density at radius 2 is 1.81 bits per heavy atom. The van der Waals surface area contributed by atoms with Gasteiger partial charge in [0.05, 0.1) is 23.8 Å². The Morgan fingerprint density at radius 1 is 0.963 bits per heavy atom. The van der Waals surface area contributed by atoms with Crippen LogP contribution >= 0.6 is 0 Å². The van der Waals surface area contributed by atoms with Crippen molar-refractivity contribution < 1.29 is 4.74 Å². The van der Waals surface area contributed by atoms with E-state index in [1.54, 1.807) is 19.5 Å². The Bertz CT molecular complexity index is 1340. The number of fused-ring (bicyclic) bond motifs is 4.